The van der Waals surface area contributed by atoms with Crippen molar-refractivity contribution in [3.05, 3.63) is 387 Å². The quantitative estimate of drug-likeness (QED) is 0.117. The van der Waals surface area contributed by atoms with E-state index in [2.05, 4.69) is 106 Å². The van der Waals surface area contributed by atoms with Gasteiger partial charge in [0, 0.05) is 10.8 Å². The van der Waals surface area contributed by atoms with Crippen molar-refractivity contribution in [2.24, 2.45) is 0 Å². The van der Waals surface area contributed by atoms with Gasteiger partial charge in [-0.3, -0.25) is 38.8 Å². The van der Waals surface area contributed by atoms with Gasteiger partial charge in [0.2, 0.25) is 33.8 Å². The van der Waals surface area contributed by atoms with E-state index >= 15 is 0 Å². The zero-order valence-corrected chi connectivity index (χ0v) is 66.6. The van der Waals surface area contributed by atoms with E-state index in [0.717, 1.165) is 114 Å². The molecule has 18 aromatic carbocycles. The molecule has 0 aliphatic rings. The average Bonchev–Trinajstić information content (AvgIpc) is 0.720. The minimum absolute atomic E-state index is 0.0110. The molecule has 0 unspecified atom stereocenters. The number of aryl methyl sites for hydroxylation is 1. The molecule has 574 valence electrons. The van der Waals surface area contributed by atoms with Gasteiger partial charge in [0.15, 0.2) is 28.4 Å². The molecule has 19 aromatic rings. The predicted octanol–water partition coefficient (Wildman–Crippen LogP) is 29.7. The summed E-state index contributed by atoms with van der Waals surface area (Å²) in [6, 6.07) is 78.2. The third-order valence-corrected chi connectivity index (χ3v) is 22.6. The molecule has 0 aliphatic heterocycles. The lowest BCUT2D eigenvalue weighted by molar-refractivity contribution is 1.35. The van der Waals surface area contributed by atoms with Crippen molar-refractivity contribution >= 4 is 220 Å². The second-order valence-electron chi connectivity index (χ2n) is 28.7. The van der Waals surface area contributed by atoms with Gasteiger partial charge in [-0.1, -0.05) is 177 Å². The lowest BCUT2D eigenvalue weighted by atomic mass is 9.83. The van der Waals surface area contributed by atoms with Crippen LogP contribution >= 0.6 is 0 Å². The van der Waals surface area contributed by atoms with Gasteiger partial charge >= 0.3 is 0 Å². The Balaban J connectivity index is 0.000000126. The third kappa shape index (κ3) is 12.6. The maximum absolute atomic E-state index is 10.2. The topological polar surface area (TPSA) is 264 Å². The van der Waals surface area contributed by atoms with Crippen LogP contribution in [0.4, 0.5) is 62.8 Å². The summed E-state index contributed by atoms with van der Waals surface area (Å²) in [6.45, 7) is 87.5. The van der Waals surface area contributed by atoms with E-state index in [0.29, 0.717) is 70.9 Å². The predicted molar refractivity (Wildman–Crippen MR) is 498 cm³/mol. The Bertz CT molecular complexity index is 9180. The first-order valence-corrected chi connectivity index (χ1v) is 38.2. The van der Waals surface area contributed by atoms with Gasteiger partial charge in [0.25, 0.3) is 11.6 Å². The molecule has 0 saturated carbocycles. The Labute approximate surface area is 728 Å². The van der Waals surface area contributed by atoms with Crippen LogP contribution in [-0.2, 0) is 0 Å². The van der Waals surface area contributed by atoms with E-state index in [4.69, 9.17) is 72.3 Å². The van der Waals surface area contributed by atoms with Crippen LogP contribution in [0.2, 0.25) is 0 Å². The Hall–Kier alpha value is -21.3. The van der Waals surface area contributed by atoms with Crippen LogP contribution in [0.25, 0.3) is 222 Å². The number of nitrogens with zero attached hydrogens (tertiary/aromatic N) is 21. The van der Waals surface area contributed by atoms with Crippen molar-refractivity contribution in [1.29, 1.82) is 42.1 Å². The van der Waals surface area contributed by atoms with Gasteiger partial charge in [0.1, 0.15) is 36.4 Å². The smallest absolute Gasteiger partial charge is 0.294 e. The summed E-state index contributed by atoms with van der Waals surface area (Å²) in [7, 11) is 0. The fourth-order valence-electron chi connectivity index (χ4n) is 17.1. The van der Waals surface area contributed by atoms with Crippen LogP contribution < -0.4 is 0 Å². The molecular weight excluding hydrogens is 1580 g/mol. The van der Waals surface area contributed by atoms with Gasteiger partial charge in [-0.15, -0.1) is 9.97 Å². The van der Waals surface area contributed by atoms with Gasteiger partial charge < -0.3 is 9.69 Å². The molecule has 0 bridgehead atoms. The van der Waals surface area contributed by atoms with E-state index < -0.39 is 0 Å². The highest BCUT2D eigenvalue weighted by atomic mass is 15.0. The van der Waals surface area contributed by atoms with Gasteiger partial charge in [-0.2, -0.15) is 42.1 Å². The Kier molecular flexibility index (Phi) is 20.7. The summed E-state index contributed by atoms with van der Waals surface area (Å²) in [5.41, 5.74) is 6.35. The Morgan fingerprint density at radius 1 is 0.266 bits per heavy atom. The molecule has 21 nitrogen and oxygen atoms in total. The normalized spacial score (nSPS) is 10.4. The number of hydrogen-bond donors (Lipinski definition) is 0. The van der Waals surface area contributed by atoms with Crippen molar-refractivity contribution in [2.75, 3.05) is 0 Å². The van der Waals surface area contributed by atoms with Crippen molar-refractivity contribution in [3.8, 4) is 59.7 Å². The molecule has 0 saturated heterocycles. The van der Waals surface area contributed by atoms with Crippen LogP contribution in [0.1, 0.15) is 62.6 Å². The summed E-state index contributed by atoms with van der Waals surface area (Å²) < 4.78 is 0. The maximum atomic E-state index is 10.2. The molecule has 0 radical (unpaired) electrons. The molecule has 0 amide bonds. The van der Waals surface area contributed by atoms with E-state index in [1.54, 1.807) is 60.7 Å². The molecule has 1 heterocycles. The maximum Gasteiger partial charge on any atom is 0.294 e. The number of hydrogen-bond acceptors (Lipinski definition) is 10. The number of benzene rings is 18. The zero-order valence-electron chi connectivity index (χ0n) is 66.6. The number of nitriles is 8. The van der Waals surface area contributed by atoms with Crippen LogP contribution in [0.5, 0.6) is 0 Å². The SMILES string of the molecule is [C-]#[N+]c1c([N+]#[C-])c(C#N)c2c(c1[N+]#[C-])c(-c1ccccc1/C=C\C)c(C)c1cc(C#N)c(C#N)cc12.[C-]#[N+]c1cc2c(cc1C#N)c1ccc3ccccc3c1c1cc([N+]#[C-])c([N+]#[C-])cc21.[C-]#[N+]c1cc2c3cc(C#N)c(C#N)cc3c3ccc4ccccc4c3c2c([N+]#[C-])c1[N+]#[C-].[C-]#[N+]c1nc2c3cc(C#N)c(C#N)cc3c3ccc4ccccc4c3c2nc1[N+]#[C-]. The first kappa shape index (κ1) is 80.5. The average molecular weight is 1620 g/mol. The van der Waals surface area contributed by atoms with Gasteiger partial charge in [-0.05, 0) is 214 Å². The Morgan fingerprint density at radius 3 is 1.12 bits per heavy atom. The molecule has 0 spiro atoms. The van der Waals surface area contributed by atoms with Crippen molar-refractivity contribution in [3.63, 3.8) is 0 Å². The van der Waals surface area contributed by atoms with Crippen molar-refractivity contribution in [1.82, 2.24) is 9.97 Å². The van der Waals surface area contributed by atoms with E-state index in [1.165, 1.54) is 6.07 Å². The molecule has 128 heavy (non-hydrogen) atoms. The first-order valence-electron chi connectivity index (χ1n) is 38.2. The largest absolute Gasteiger partial charge is 0.370 e. The lowest BCUT2D eigenvalue weighted by Crippen LogP contribution is -1.97. The van der Waals surface area contributed by atoms with Crippen LogP contribution in [0.3, 0.4) is 0 Å². The number of allylic oxidation sites excluding steroid dienone is 1. The van der Waals surface area contributed by atoms with Crippen molar-refractivity contribution in [2.45, 2.75) is 13.8 Å². The Morgan fingerprint density at radius 2 is 0.633 bits per heavy atom. The summed E-state index contributed by atoms with van der Waals surface area (Å²) >= 11 is 0. The van der Waals surface area contributed by atoms with E-state index in [9.17, 15) is 42.1 Å². The fourth-order valence-corrected chi connectivity index (χ4v) is 17.1. The number of aromatic nitrogens is 2. The zero-order chi connectivity index (χ0) is 90.0. The van der Waals surface area contributed by atoms with E-state index in [-0.39, 0.29) is 96.1 Å². The third-order valence-electron chi connectivity index (χ3n) is 22.6. The fraction of sp³-hybridized carbons (Fsp3) is 0.0187. The highest BCUT2D eigenvalue weighted by Gasteiger charge is 2.30. The lowest BCUT2D eigenvalue weighted by Gasteiger charge is -2.21. The molecule has 0 aliphatic carbocycles. The molecule has 0 fully saturated rings. The first-order chi connectivity index (χ1) is 62.5. The second kappa shape index (κ2) is 32.9. The number of rotatable bonds is 2. The van der Waals surface area contributed by atoms with Gasteiger partial charge in [0.05, 0.1) is 116 Å². The molecule has 19 rings (SSSR count). The minimum Gasteiger partial charge on any atom is -0.370 e. The van der Waals surface area contributed by atoms with Crippen LogP contribution in [-0.4, -0.2) is 9.97 Å². The van der Waals surface area contributed by atoms with Crippen molar-refractivity contribution < 1.29 is 0 Å². The number of fused-ring (bicyclic) bond motifs is 27. The monoisotopic (exact) mass is 1620 g/mol. The summed E-state index contributed by atoms with van der Waals surface area (Å²) in [5.74, 6) is -0.138. The summed E-state index contributed by atoms with van der Waals surface area (Å²) in [4.78, 5) is 47.7. The minimum atomic E-state index is -0.188. The molecule has 1 aromatic heterocycles. The highest BCUT2D eigenvalue weighted by Crippen LogP contribution is 2.56. The summed E-state index contributed by atoms with van der Waals surface area (Å²) in [5, 5.41) is 97.6. The van der Waals surface area contributed by atoms with E-state index in [1.807, 2.05) is 166 Å². The summed E-state index contributed by atoms with van der Waals surface area (Å²) in [6.07, 6.45) is 3.82. The van der Waals surface area contributed by atoms with Crippen LogP contribution in [0.15, 0.2) is 206 Å². The van der Waals surface area contributed by atoms with Crippen LogP contribution in [0, 0.1) is 170 Å². The second-order valence-corrected chi connectivity index (χ2v) is 28.7. The molecular formula is C107H41N21. The molecule has 0 atom stereocenters. The molecule has 0 N–H and O–H groups in total. The highest BCUT2D eigenvalue weighted by molar-refractivity contribution is 6.37. The standard InChI is InChI=1S/C30H14N6.C27H9N5.C26H10N4.C24H8N6/c1-6-9-18-10-7-8-11-21(18)25-17(2)22-12-19(14-31)20(15-32)13-23(22)26-24(16-33)28(34-3)30(36-5)29(35-4)27(25)26;1-30-23-12-22-21-11-17(14-29)16(13-28)10-20(21)19-9-8-15-6-4-5-7-18(15)24(19)25(22)27(32-3)26(23)31-2;1-28-23-11-20-19(10-16(23)14-27)18-9-8-15-6-4-5-7-17(15)26(18)22-13-25(30-3)24(29-2)12-21(20)22;1-27-23-24(28-2)30-22-20-16-6-4-3-5-13(16)7-8-17(20)18-9-14(11-25)15(12-26)10-19(18)21(22)29-23/h6-13H,1-2H3;4-12H;4-13H;3-10H/b9-6-;;;. The molecule has 21 heteroatoms. The van der Waals surface area contributed by atoms with Gasteiger partial charge in [-0.25, -0.2) is 4.85 Å².